The molecule has 2 aromatic rings. The van der Waals surface area contributed by atoms with Crippen molar-refractivity contribution in [3.63, 3.8) is 0 Å². The molecule has 0 unspecified atom stereocenters. The summed E-state index contributed by atoms with van der Waals surface area (Å²) in [5.41, 5.74) is 0.892. The molecule has 2 aliphatic rings. The lowest BCUT2D eigenvalue weighted by Gasteiger charge is -2.19. The van der Waals surface area contributed by atoms with Gasteiger partial charge in [0.15, 0.2) is 11.5 Å². The number of benzene rings is 1. The van der Waals surface area contributed by atoms with Gasteiger partial charge in [0.25, 0.3) is 0 Å². The zero-order valence-corrected chi connectivity index (χ0v) is 12.3. The molecular weight excluding hydrogens is 280 g/mol. The van der Waals surface area contributed by atoms with Crippen molar-refractivity contribution in [2.24, 2.45) is 0 Å². The summed E-state index contributed by atoms with van der Waals surface area (Å²) in [6, 6.07) is 7.72. The summed E-state index contributed by atoms with van der Waals surface area (Å²) < 4.78 is 11.1. The van der Waals surface area contributed by atoms with E-state index in [1.54, 1.807) is 6.20 Å². The number of fused-ring (bicyclic) bond motifs is 1. The Kier molecular flexibility index (Phi) is 3.42. The number of nitrogens with one attached hydrogen (secondary N) is 1. The van der Waals surface area contributed by atoms with Crippen LogP contribution in [-0.2, 0) is 0 Å². The smallest absolute Gasteiger partial charge is 0.229 e. The van der Waals surface area contributed by atoms with E-state index in [0.29, 0.717) is 19.2 Å². The molecule has 0 saturated carbocycles. The first-order valence-corrected chi connectivity index (χ1v) is 7.63. The van der Waals surface area contributed by atoms with E-state index in [9.17, 15) is 0 Å². The van der Waals surface area contributed by atoms with E-state index in [0.717, 1.165) is 36.1 Å². The van der Waals surface area contributed by atoms with Gasteiger partial charge in [-0.05, 0) is 31.0 Å². The summed E-state index contributed by atoms with van der Waals surface area (Å²) in [6.07, 6.45) is 4.25. The van der Waals surface area contributed by atoms with Crippen LogP contribution in [0.4, 0.5) is 17.5 Å². The van der Waals surface area contributed by atoms with Crippen LogP contribution in [-0.4, -0.2) is 36.3 Å². The van der Waals surface area contributed by atoms with Crippen molar-refractivity contribution in [1.82, 2.24) is 9.97 Å². The molecule has 0 aliphatic carbocycles. The maximum Gasteiger partial charge on any atom is 0.229 e. The first-order chi connectivity index (χ1) is 10.9. The SMILES string of the molecule is c1cc(N2CCCC2)nc(Nc2ccc3c(c2)OCCO3)n1. The maximum atomic E-state index is 5.59. The van der Waals surface area contributed by atoms with Crippen LogP contribution in [0.2, 0.25) is 0 Å². The van der Waals surface area contributed by atoms with Crippen LogP contribution < -0.4 is 19.7 Å². The lowest BCUT2D eigenvalue weighted by Crippen LogP contribution is -2.19. The van der Waals surface area contributed by atoms with E-state index < -0.39 is 0 Å². The number of aromatic nitrogens is 2. The third-order valence-corrected chi connectivity index (χ3v) is 3.87. The van der Waals surface area contributed by atoms with Gasteiger partial charge >= 0.3 is 0 Å². The third kappa shape index (κ3) is 2.64. The molecule has 1 N–H and O–H groups in total. The number of hydrogen-bond acceptors (Lipinski definition) is 6. The van der Waals surface area contributed by atoms with E-state index in [4.69, 9.17) is 9.47 Å². The van der Waals surface area contributed by atoms with E-state index in [2.05, 4.69) is 20.2 Å². The van der Waals surface area contributed by atoms with Gasteiger partial charge in [-0.1, -0.05) is 0 Å². The average Bonchev–Trinajstić information content (AvgIpc) is 3.10. The summed E-state index contributed by atoms with van der Waals surface area (Å²) in [5.74, 6) is 3.11. The highest BCUT2D eigenvalue weighted by Crippen LogP contribution is 2.33. The molecule has 1 aromatic carbocycles. The van der Waals surface area contributed by atoms with E-state index in [-0.39, 0.29) is 0 Å². The summed E-state index contributed by atoms with van der Waals surface area (Å²) in [6.45, 7) is 3.32. The van der Waals surface area contributed by atoms with Crippen LogP contribution in [0, 0.1) is 0 Å². The van der Waals surface area contributed by atoms with Gasteiger partial charge in [0.2, 0.25) is 5.95 Å². The molecule has 0 bridgehead atoms. The zero-order valence-electron chi connectivity index (χ0n) is 12.3. The second kappa shape index (κ2) is 5.71. The minimum atomic E-state index is 0.581. The van der Waals surface area contributed by atoms with Gasteiger partial charge in [0.05, 0.1) is 0 Å². The molecule has 0 amide bonds. The minimum Gasteiger partial charge on any atom is -0.486 e. The summed E-state index contributed by atoms with van der Waals surface area (Å²) in [5, 5.41) is 3.23. The normalized spacial score (nSPS) is 16.6. The highest BCUT2D eigenvalue weighted by molar-refractivity contribution is 5.60. The first kappa shape index (κ1) is 13.2. The summed E-state index contributed by atoms with van der Waals surface area (Å²) >= 11 is 0. The Bertz CT molecular complexity index is 671. The number of ether oxygens (including phenoxy) is 2. The predicted molar refractivity (Wildman–Crippen MR) is 84.2 cm³/mol. The second-order valence-electron chi connectivity index (χ2n) is 5.42. The van der Waals surface area contributed by atoms with Crippen molar-refractivity contribution in [3.8, 4) is 11.5 Å². The largest absolute Gasteiger partial charge is 0.486 e. The zero-order chi connectivity index (χ0) is 14.8. The minimum absolute atomic E-state index is 0.581. The molecule has 3 heterocycles. The second-order valence-corrected chi connectivity index (χ2v) is 5.42. The van der Waals surface area contributed by atoms with Crippen LogP contribution in [0.1, 0.15) is 12.8 Å². The van der Waals surface area contributed by atoms with Crippen molar-refractivity contribution >= 4 is 17.5 Å². The number of rotatable bonds is 3. The summed E-state index contributed by atoms with van der Waals surface area (Å²) in [4.78, 5) is 11.2. The molecule has 2 aliphatic heterocycles. The Morgan fingerprint density at radius 1 is 1.00 bits per heavy atom. The molecule has 1 aromatic heterocycles. The van der Waals surface area contributed by atoms with Gasteiger partial charge in [-0.2, -0.15) is 4.98 Å². The summed E-state index contributed by atoms with van der Waals surface area (Å²) in [7, 11) is 0. The fourth-order valence-corrected chi connectivity index (χ4v) is 2.78. The molecule has 4 rings (SSSR count). The van der Waals surface area contributed by atoms with E-state index >= 15 is 0 Å². The van der Waals surface area contributed by atoms with Crippen molar-refractivity contribution in [2.45, 2.75) is 12.8 Å². The van der Waals surface area contributed by atoms with Crippen LogP contribution in [0.25, 0.3) is 0 Å². The molecule has 1 saturated heterocycles. The molecule has 0 radical (unpaired) electrons. The Morgan fingerprint density at radius 2 is 1.82 bits per heavy atom. The topological polar surface area (TPSA) is 59.5 Å². The molecule has 1 fully saturated rings. The number of nitrogens with zero attached hydrogens (tertiary/aromatic N) is 3. The highest BCUT2D eigenvalue weighted by Gasteiger charge is 2.15. The van der Waals surface area contributed by atoms with Crippen molar-refractivity contribution in [1.29, 1.82) is 0 Å². The molecule has 6 heteroatoms. The predicted octanol–water partition coefficient (Wildman–Crippen LogP) is 2.59. The number of anilines is 3. The number of hydrogen-bond donors (Lipinski definition) is 1. The van der Waals surface area contributed by atoms with Crippen LogP contribution in [0.3, 0.4) is 0 Å². The third-order valence-electron chi connectivity index (χ3n) is 3.87. The van der Waals surface area contributed by atoms with E-state index in [1.807, 2.05) is 24.3 Å². The quantitative estimate of drug-likeness (QED) is 0.940. The van der Waals surface area contributed by atoms with Crippen molar-refractivity contribution in [3.05, 3.63) is 30.5 Å². The van der Waals surface area contributed by atoms with Gasteiger partial charge in [0, 0.05) is 31.0 Å². The first-order valence-electron chi connectivity index (χ1n) is 7.63. The molecular formula is C16H18N4O2. The van der Waals surface area contributed by atoms with Crippen LogP contribution in [0.15, 0.2) is 30.5 Å². The van der Waals surface area contributed by atoms with Crippen molar-refractivity contribution in [2.75, 3.05) is 36.5 Å². The molecule has 22 heavy (non-hydrogen) atoms. The highest BCUT2D eigenvalue weighted by atomic mass is 16.6. The monoisotopic (exact) mass is 298 g/mol. The maximum absolute atomic E-state index is 5.59. The van der Waals surface area contributed by atoms with Gasteiger partial charge < -0.3 is 19.7 Å². The van der Waals surface area contributed by atoms with E-state index in [1.165, 1.54) is 12.8 Å². The Balaban J connectivity index is 1.54. The van der Waals surface area contributed by atoms with Gasteiger partial charge in [0.1, 0.15) is 19.0 Å². The molecule has 114 valence electrons. The van der Waals surface area contributed by atoms with Gasteiger partial charge in [-0.3, -0.25) is 0 Å². The Labute approximate surface area is 129 Å². The van der Waals surface area contributed by atoms with Crippen LogP contribution >= 0.6 is 0 Å². The van der Waals surface area contributed by atoms with Gasteiger partial charge in [-0.25, -0.2) is 4.98 Å². The molecule has 6 nitrogen and oxygen atoms in total. The molecule has 0 spiro atoms. The standard InChI is InChI=1S/C16H18N4O2/c1-2-8-20(7-1)15-5-6-17-16(19-15)18-12-3-4-13-14(11-12)22-10-9-21-13/h3-6,11H,1-2,7-10H2,(H,17,18,19). The van der Waals surface area contributed by atoms with Crippen molar-refractivity contribution < 1.29 is 9.47 Å². The Hall–Kier alpha value is -2.50. The lowest BCUT2D eigenvalue weighted by atomic mass is 10.2. The lowest BCUT2D eigenvalue weighted by molar-refractivity contribution is 0.171. The fourth-order valence-electron chi connectivity index (χ4n) is 2.78. The Morgan fingerprint density at radius 3 is 2.68 bits per heavy atom. The average molecular weight is 298 g/mol. The molecule has 0 atom stereocenters. The van der Waals surface area contributed by atoms with Crippen LogP contribution in [0.5, 0.6) is 11.5 Å². The van der Waals surface area contributed by atoms with Gasteiger partial charge in [-0.15, -0.1) is 0 Å². The fraction of sp³-hybridized carbons (Fsp3) is 0.375.